The highest BCUT2D eigenvalue weighted by atomic mass is 79.9. The van der Waals surface area contributed by atoms with Gasteiger partial charge in [-0.25, -0.2) is 0 Å². The van der Waals surface area contributed by atoms with Crippen LogP contribution in [0.5, 0.6) is 0 Å². The molecule has 0 N–H and O–H groups in total. The quantitative estimate of drug-likeness (QED) is 0.705. The number of nitrogens with zero attached hydrogens (tertiary/aromatic N) is 1. The minimum Gasteiger partial charge on any atom is -0.399 e. The molecule has 1 aromatic carbocycles. The smallest absolute Gasteiger partial charge is 0.399 e. The van der Waals surface area contributed by atoms with Crippen molar-refractivity contribution in [1.82, 2.24) is 4.98 Å². The van der Waals surface area contributed by atoms with Crippen LogP contribution in [0, 0.1) is 0 Å². The Morgan fingerprint density at radius 2 is 1.70 bits per heavy atom. The van der Waals surface area contributed by atoms with E-state index in [0.717, 1.165) is 21.2 Å². The lowest BCUT2D eigenvalue weighted by molar-refractivity contribution is 0.00578. The Hall–Kier alpha value is -0.875. The number of pyridine rings is 1. The van der Waals surface area contributed by atoms with Crippen LogP contribution < -0.4 is 5.46 Å². The number of aromatic nitrogens is 1. The third-order valence-corrected chi connectivity index (χ3v) is 5.45. The van der Waals surface area contributed by atoms with Crippen LogP contribution in [0.4, 0.5) is 0 Å². The zero-order chi connectivity index (χ0) is 16.8. The third-order valence-electron chi connectivity index (χ3n) is 4.52. The number of hydrogen-bond acceptors (Lipinski definition) is 3. The highest BCUT2D eigenvalue weighted by molar-refractivity contribution is 9.10. The molecule has 0 amide bonds. The summed E-state index contributed by atoms with van der Waals surface area (Å²) in [5.41, 5.74) is 1.83. The van der Waals surface area contributed by atoms with Gasteiger partial charge in [0.15, 0.2) is 0 Å². The minimum absolute atomic E-state index is 0.369. The van der Waals surface area contributed by atoms with Crippen LogP contribution in [-0.2, 0) is 9.31 Å². The van der Waals surface area contributed by atoms with E-state index in [9.17, 15) is 0 Å². The summed E-state index contributed by atoms with van der Waals surface area (Å²) < 4.78 is 13.0. The summed E-state index contributed by atoms with van der Waals surface area (Å²) >= 11 is 9.85. The van der Waals surface area contributed by atoms with Crippen molar-refractivity contribution in [3.05, 3.63) is 46.0 Å². The molecule has 1 fully saturated rings. The molecule has 0 radical (unpaired) electrons. The summed E-state index contributed by atoms with van der Waals surface area (Å²) in [7, 11) is -0.427. The predicted molar refractivity (Wildman–Crippen MR) is 98.1 cm³/mol. The van der Waals surface area contributed by atoms with Gasteiger partial charge in [-0.15, -0.1) is 0 Å². The van der Waals surface area contributed by atoms with Crippen molar-refractivity contribution in [2.75, 3.05) is 0 Å². The second-order valence-electron chi connectivity index (χ2n) is 6.67. The van der Waals surface area contributed by atoms with Gasteiger partial charge in [-0.05, 0) is 55.8 Å². The molecule has 0 atom stereocenters. The monoisotopic (exact) mass is 393 g/mol. The topological polar surface area (TPSA) is 31.4 Å². The maximum Gasteiger partial charge on any atom is 0.496 e. The fraction of sp³-hybridized carbons (Fsp3) is 0.353. The van der Waals surface area contributed by atoms with E-state index >= 15 is 0 Å². The van der Waals surface area contributed by atoms with Crippen molar-refractivity contribution in [3.63, 3.8) is 0 Å². The average Bonchev–Trinajstić information content (AvgIpc) is 2.68. The molecule has 0 bridgehead atoms. The molecule has 6 heteroatoms. The lowest BCUT2D eigenvalue weighted by Gasteiger charge is -2.32. The molecule has 120 valence electrons. The molecular formula is C17H18BBrClNO2. The van der Waals surface area contributed by atoms with Crippen molar-refractivity contribution in [1.29, 1.82) is 0 Å². The predicted octanol–water partition coefficient (Wildman–Crippen LogP) is 4.46. The average molecular weight is 395 g/mol. The molecule has 1 aliphatic heterocycles. The summed E-state index contributed by atoms with van der Waals surface area (Å²) in [6, 6.07) is 9.63. The van der Waals surface area contributed by atoms with Crippen LogP contribution >= 0.6 is 27.5 Å². The van der Waals surface area contributed by atoms with Crippen molar-refractivity contribution in [2.45, 2.75) is 38.9 Å². The Bertz CT molecular complexity index is 735. The van der Waals surface area contributed by atoms with Crippen LogP contribution in [0.3, 0.4) is 0 Å². The number of halogens is 2. The normalized spacial score (nSPS) is 19.1. The number of hydrogen-bond donors (Lipinski definition) is 0. The first-order chi connectivity index (χ1) is 10.7. The molecule has 0 aliphatic carbocycles. The summed E-state index contributed by atoms with van der Waals surface area (Å²) in [6.45, 7) is 8.14. The van der Waals surface area contributed by atoms with Crippen LogP contribution in [0.1, 0.15) is 27.7 Å². The molecule has 2 aromatic rings. The van der Waals surface area contributed by atoms with Crippen molar-refractivity contribution < 1.29 is 9.31 Å². The van der Waals surface area contributed by atoms with Crippen LogP contribution in [0.2, 0.25) is 5.02 Å². The van der Waals surface area contributed by atoms with Gasteiger partial charge in [0, 0.05) is 26.7 Å². The van der Waals surface area contributed by atoms with Gasteiger partial charge in [-0.3, -0.25) is 4.98 Å². The Morgan fingerprint density at radius 3 is 2.26 bits per heavy atom. The molecule has 1 aromatic heterocycles. The van der Waals surface area contributed by atoms with E-state index in [4.69, 9.17) is 20.9 Å². The van der Waals surface area contributed by atoms with Crippen LogP contribution in [0.15, 0.2) is 41.0 Å². The maximum absolute atomic E-state index is 6.26. The molecule has 0 saturated carbocycles. The van der Waals surface area contributed by atoms with Gasteiger partial charge in [0.25, 0.3) is 0 Å². The zero-order valence-corrected chi connectivity index (χ0v) is 15.9. The number of rotatable bonds is 2. The molecule has 3 rings (SSSR count). The highest BCUT2D eigenvalue weighted by Gasteiger charge is 2.51. The Kier molecular flexibility index (Phi) is 4.34. The minimum atomic E-state index is -0.427. The molecule has 2 heterocycles. The molecule has 23 heavy (non-hydrogen) atoms. The van der Waals surface area contributed by atoms with E-state index in [2.05, 4.69) is 20.9 Å². The fourth-order valence-corrected chi connectivity index (χ4v) is 3.22. The lowest BCUT2D eigenvalue weighted by atomic mass is 9.80. The van der Waals surface area contributed by atoms with Crippen LogP contribution in [-0.4, -0.2) is 23.3 Å². The summed E-state index contributed by atoms with van der Waals surface area (Å²) in [5, 5.41) is 0.670. The van der Waals surface area contributed by atoms with Gasteiger partial charge in [0.1, 0.15) is 0 Å². The summed E-state index contributed by atoms with van der Waals surface area (Å²) in [5.74, 6) is 0. The molecule has 0 unspecified atom stereocenters. The van der Waals surface area contributed by atoms with Crippen molar-refractivity contribution >= 4 is 40.1 Å². The summed E-state index contributed by atoms with van der Waals surface area (Å²) in [4.78, 5) is 4.56. The first-order valence-electron chi connectivity index (χ1n) is 7.47. The Balaban J connectivity index is 1.94. The maximum atomic E-state index is 6.26. The lowest BCUT2D eigenvalue weighted by Crippen LogP contribution is -2.41. The zero-order valence-electron chi connectivity index (χ0n) is 13.6. The van der Waals surface area contributed by atoms with Gasteiger partial charge >= 0.3 is 7.12 Å². The SMILES string of the molecule is CC1(C)OB(c2cnc(-c3ccccc3Cl)c(Br)c2)OC1(C)C. The van der Waals surface area contributed by atoms with Crippen LogP contribution in [0.25, 0.3) is 11.3 Å². The van der Waals surface area contributed by atoms with Gasteiger partial charge < -0.3 is 9.31 Å². The van der Waals surface area contributed by atoms with Gasteiger partial charge in [-0.1, -0.05) is 29.8 Å². The first-order valence-corrected chi connectivity index (χ1v) is 8.64. The fourth-order valence-electron chi connectivity index (χ4n) is 2.41. The number of benzene rings is 1. The molecule has 1 saturated heterocycles. The van der Waals surface area contributed by atoms with E-state index < -0.39 is 7.12 Å². The molecule has 3 nitrogen and oxygen atoms in total. The second-order valence-corrected chi connectivity index (χ2v) is 7.93. The van der Waals surface area contributed by atoms with Crippen molar-refractivity contribution in [2.24, 2.45) is 0 Å². The first kappa shape index (κ1) is 17.0. The molecular weight excluding hydrogens is 376 g/mol. The highest BCUT2D eigenvalue weighted by Crippen LogP contribution is 2.37. The van der Waals surface area contributed by atoms with E-state index in [-0.39, 0.29) is 11.2 Å². The summed E-state index contributed by atoms with van der Waals surface area (Å²) in [6.07, 6.45) is 1.78. The van der Waals surface area contributed by atoms with Crippen molar-refractivity contribution in [3.8, 4) is 11.3 Å². The second kappa shape index (κ2) is 5.89. The largest absolute Gasteiger partial charge is 0.496 e. The van der Waals surface area contributed by atoms with Gasteiger partial charge in [0.2, 0.25) is 0 Å². The van der Waals surface area contributed by atoms with E-state index in [0.29, 0.717) is 5.02 Å². The van der Waals surface area contributed by atoms with Gasteiger partial charge in [0.05, 0.1) is 16.9 Å². The molecule has 1 aliphatic rings. The van der Waals surface area contributed by atoms with Gasteiger partial charge in [-0.2, -0.15) is 0 Å². The van der Waals surface area contributed by atoms with E-state index in [1.807, 2.05) is 58.0 Å². The van der Waals surface area contributed by atoms with E-state index in [1.165, 1.54) is 0 Å². The Labute approximate surface area is 150 Å². The standard InChI is InChI=1S/C17H18BBrClNO2/c1-16(2)17(3,4)23-18(22-16)11-9-13(19)15(21-10-11)12-7-5-6-8-14(12)20/h5-10H,1-4H3. The molecule has 0 spiro atoms. The Morgan fingerprint density at radius 1 is 1.09 bits per heavy atom. The third kappa shape index (κ3) is 3.08. The van der Waals surface area contributed by atoms with E-state index in [1.54, 1.807) is 6.20 Å².